The number of carbonyl (C=O) groups is 2. The minimum Gasteiger partial charge on any atom is -0.503 e. The normalized spacial score (nSPS) is 16.0. The van der Waals surface area contributed by atoms with Crippen LogP contribution >= 0.6 is 11.3 Å². The summed E-state index contributed by atoms with van der Waals surface area (Å²) in [6, 6.07) is 13.2. The molecule has 1 atom stereocenters. The van der Waals surface area contributed by atoms with Gasteiger partial charge in [0.15, 0.2) is 16.7 Å². The van der Waals surface area contributed by atoms with Crippen LogP contribution in [0.5, 0.6) is 5.75 Å². The van der Waals surface area contributed by atoms with E-state index in [0.29, 0.717) is 33.9 Å². The minimum atomic E-state index is -0.966. The number of halogens is 1. The van der Waals surface area contributed by atoms with Gasteiger partial charge in [0, 0.05) is 0 Å². The van der Waals surface area contributed by atoms with Crippen molar-refractivity contribution in [3.8, 4) is 5.75 Å². The SMILES string of the molecule is CCOc1ccc(C2C(C(=O)c3ccc(C)o3)=C(O)C(=O)N2c2nc3ccc(F)cc3s2)cc1. The van der Waals surface area contributed by atoms with Crippen molar-refractivity contribution >= 4 is 38.4 Å². The first-order valence-electron chi connectivity index (χ1n) is 10.5. The van der Waals surface area contributed by atoms with Crippen LogP contribution in [0.2, 0.25) is 0 Å². The van der Waals surface area contributed by atoms with Crippen LogP contribution in [-0.4, -0.2) is 28.4 Å². The lowest BCUT2D eigenvalue weighted by Gasteiger charge is -2.24. The lowest BCUT2D eigenvalue weighted by atomic mass is 9.95. The highest BCUT2D eigenvalue weighted by Gasteiger charge is 2.46. The predicted molar refractivity (Wildman–Crippen MR) is 125 cm³/mol. The van der Waals surface area contributed by atoms with Crippen molar-refractivity contribution in [2.24, 2.45) is 0 Å². The lowest BCUT2D eigenvalue weighted by Crippen LogP contribution is -2.30. The first-order valence-corrected chi connectivity index (χ1v) is 11.4. The molecule has 172 valence electrons. The Hall–Kier alpha value is -3.98. The van der Waals surface area contributed by atoms with Crippen molar-refractivity contribution in [3.63, 3.8) is 0 Å². The number of thiazole rings is 1. The van der Waals surface area contributed by atoms with Gasteiger partial charge in [-0.3, -0.25) is 14.5 Å². The molecule has 4 aromatic rings. The van der Waals surface area contributed by atoms with E-state index in [2.05, 4.69) is 4.98 Å². The molecule has 1 aliphatic rings. The largest absolute Gasteiger partial charge is 0.503 e. The monoisotopic (exact) mass is 478 g/mol. The number of hydrogen-bond acceptors (Lipinski definition) is 7. The molecule has 5 rings (SSSR count). The van der Waals surface area contributed by atoms with Gasteiger partial charge in [0.25, 0.3) is 5.91 Å². The van der Waals surface area contributed by atoms with Gasteiger partial charge in [-0.1, -0.05) is 23.5 Å². The lowest BCUT2D eigenvalue weighted by molar-refractivity contribution is -0.117. The van der Waals surface area contributed by atoms with E-state index in [0.717, 1.165) is 11.3 Å². The first-order chi connectivity index (χ1) is 16.4. The number of Topliss-reactive ketones (excluding diaryl/α,β-unsaturated/α-hetero) is 1. The molecular weight excluding hydrogens is 459 g/mol. The average molecular weight is 479 g/mol. The summed E-state index contributed by atoms with van der Waals surface area (Å²) in [5.74, 6) is -1.32. The molecule has 1 aliphatic heterocycles. The standard InChI is InChI=1S/C25H19FN2O5S/c1-3-32-16-8-5-14(6-9-16)21-20(22(29)18-11-4-13(2)33-18)23(30)24(31)28(21)25-27-17-10-7-15(26)12-19(17)34-25/h4-12,21,30H,3H2,1-2H3. The molecule has 1 N–H and O–H groups in total. The van der Waals surface area contributed by atoms with Crippen LogP contribution in [0.15, 0.2) is 70.3 Å². The van der Waals surface area contributed by atoms with Gasteiger partial charge in [0.1, 0.15) is 17.3 Å². The fourth-order valence-corrected chi connectivity index (χ4v) is 4.96. The third-order valence-corrected chi connectivity index (χ3v) is 6.49. The third kappa shape index (κ3) is 3.63. The van der Waals surface area contributed by atoms with Crippen molar-refractivity contribution < 1.29 is 28.2 Å². The number of nitrogens with zero attached hydrogens (tertiary/aromatic N) is 2. The highest BCUT2D eigenvalue weighted by molar-refractivity contribution is 7.22. The predicted octanol–water partition coefficient (Wildman–Crippen LogP) is 5.52. The average Bonchev–Trinajstić information content (AvgIpc) is 3.50. The van der Waals surface area contributed by atoms with E-state index in [9.17, 15) is 19.1 Å². The number of hydrogen-bond donors (Lipinski definition) is 1. The smallest absolute Gasteiger partial charge is 0.296 e. The second-order valence-electron chi connectivity index (χ2n) is 7.69. The molecule has 1 amide bonds. The number of anilines is 1. The zero-order valence-corrected chi connectivity index (χ0v) is 19.1. The van der Waals surface area contributed by atoms with E-state index >= 15 is 0 Å². The minimum absolute atomic E-state index is 0.0102. The maximum absolute atomic E-state index is 13.7. The van der Waals surface area contributed by atoms with Crippen LogP contribution in [-0.2, 0) is 4.79 Å². The molecule has 34 heavy (non-hydrogen) atoms. The summed E-state index contributed by atoms with van der Waals surface area (Å²) in [5.41, 5.74) is 0.951. The highest BCUT2D eigenvalue weighted by atomic mass is 32.1. The molecule has 0 fully saturated rings. The zero-order valence-electron chi connectivity index (χ0n) is 18.2. The van der Waals surface area contributed by atoms with Crippen LogP contribution < -0.4 is 9.64 Å². The van der Waals surface area contributed by atoms with Crippen LogP contribution in [0, 0.1) is 12.7 Å². The Morgan fingerprint density at radius 3 is 2.65 bits per heavy atom. The zero-order chi connectivity index (χ0) is 24.0. The number of aryl methyl sites for hydroxylation is 1. The molecule has 2 aromatic carbocycles. The molecule has 3 heterocycles. The molecule has 0 saturated carbocycles. The van der Waals surface area contributed by atoms with Crippen molar-refractivity contribution in [2.45, 2.75) is 19.9 Å². The van der Waals surface area contributed by atoms with Crippen LogP contribution in [0.4, 0.5) is 9.52 Å². The van der Waals surface area contributed by atoms with Gasteiger partial charge < -0.3 is 14.3 Å². The number of furan rings is 1. The molecule has 2 aromatic heterocycles. The van der Waals surface area contributed by atoms with Gasteiger partial charge >= 0.3 is 0 Å². The van der Waals surface area contributed by atoms with E-state index < -0.39 is 29.3 Å². The summed E-state index contributed by atoms with van der Waals surface area (Å²) in [4.78, 5) is 32.4. The summed E-state index contributed by atoms with van der Waals surface area (Å²) in [6.07, 6.45) is 0. The molecule has 1 unspecified atom stereocenters. The third-order valence-electron chi connectivity index (χ3n) is 5.47. The van der Waals surface area contributed by atoms with Gasteiger partial charge in [0.05, 0.1) is 28.4 Å². The maximum atomic E-state index is 13.7. The van der Waals surface area contributed by atoms with Crippen LogP contribution in [0.1, 0.15) is 34.8 Å². The maximum Gasteiger partial charge on any atom is 0.296 e. The van der Waals surface area contributed by atoms with E-state index in [1.54, 1.807) is 37.3 Å². The van der Waals surface area contributed by atoms with Crippen molar-refractivity contribution in [1.82, 2.24) is 4.98 Å². The fraction of sp³-hybridized carbons (Fsp3) is 0.160. The number of ketones is 1. The highest BCUT2D eigenvalue weighted by Crippen LogP contribution is 2.44. The number of benzene rings is 2. The van der Waals surface area contributed by atoms with Crippen LogP contribution in [0.25, 0.3) is 10.2 Å². The Balaban J connectivity index is 1.65. The number of aliphatic hydroxyl groups is 1. The molecule has 0 spiro atoms. The Bertz CT molecular complexity index is 1450. The van der Waals surface area contributed by atoms with Crippen molar-refractivity contribution in [1.29, 1.82) is 0 Å². The molecule has 0 saturated heterocycles. The number of fused-ring (bicyclic) bond motifs is 1. The number of aliphatic hydroxyl groups excluding tert-OH is 1. The second-order valence-corrected chi connectivity index (χ2v) is 8.70. The Morgan fingerprint density at radius 1 is 1.21 bits per heavy atom. The second kappa shape index (κ2) is 8.42. The van der Waals surface area contributed by atoms with Gasteiger partial charge in [-0.2, -0.15) is 0 Å². The van der Waals surface area contributed by atoms with E-state index in [4.69, 9.17) is 9.15 Å². The van der Waals surface area contributed by atoms with Gasteiger partial charge in [-0.05, 0) is 61.9 Å². The number of amides is 1. The molecule has 0 radical (unpaired) electrons. The summed E-state index contributed by atoms with van der Waals surface area (Å²) >= 11 is 1.09. The van der Waals surface area contributed by atoms with E-state index in [1.165, 1.54) is 29.2 Å². The Kier molecular flexibility index (Phi) is 5.41. The van der Waals surface area contributed by atoms with Crippen LogP contribution in [0.3, 0.4) is 0 Å². The number of ether oxygens (including phenoxy) is 1. The van der Waals surface area contributed by atoms with Gasteiger partial charge in [0.2, 0.25) is 5.78 Å². The van der Waals surface area contributed by atoms with E-state index in [1.807, 2.05) is 6.92 Å². The Morgan fingerprint density at radius 2 is 1.97 bits per heavy atom. The summed E-state index contributed by atoms with van der Waals surface area (Å²) < 4.78 is 25.3. The van der Waals surface area contributed by atoms with E-state index in [-0.39, 0.29) is 16.5 Å². The topological polar surface area (TPSA) is 92.9 Å². The Labute approximate surface area is 197 Å². The fourth-order valence-electron chi connectivity index (χ4n) is 3.94. The van der Waals surface area contributed by atoms with Crippen molar-refractivity contribution in [3.05, 3.63) is 88.8 Å². The summed E-state index contributed by atoms with van der Waals surface area (Å²) in [7, 11) is 0. The molecule has 0 bridgehead atoms. The quantitative estimate of drug-likeness (QED) is 0.367. The first kappa shape index (κ1) is 21.8. The number of rotatable bonds is 6. The number of carbonyl (C=O) groups excluding carboxylic acids is 2. The summed E-state index contributed by atoms with van der Waals surface area (Å²) in [6.45, 7) is 4.05. The number of aromatic nitrogens is 1. The molecule has 9 heteroatoms. The molecule has 7 nitrogen and oxygen atoms in total. The van der Waals surface area contributed by atoms with Gasteiger partial charge in [-0.25, -0.2) is 9.37 Å². The molecule has 0 aliphatic carbocycles. The molecular formula is C25H19FN2O5S. The van der Waals surface area contributed by atoms with Crippen molar-refractivity contribution in [2.75, 3.05) is 11.5 Å². The summed E-state index contributed by atoms with van der Waals surface area (Å²) in [5, 5.41) is 11.1. The van der Waals surface area contributed by atoms with Gasteiger partial charge in [-0.15, -0.1) is 0 Å².